The van der Waals surface area contributed by atoms with Crippen molar-refractivity contribution in [3.8, 4) is 0 Å². The van der Waals surface area contributed by atoms with Gasteiger partial charge in [-0.15, -0.1) is 0 Å². The standard InChI is InChI=1S/C8H5BrN2O2/c9-8(11(12)13)5-6-3-1-2-4-7(6)10-8/h1-5H. The summed E-state index contributed by atoms with van der Waals surface area (Å²) in [4.78, 5) is 14.1. The fraction of sp³-hybridized carbons (Fsp3) is 0.125. The zero-order valence-electron chi connectivity index (χ0n) is 6.48. The van der Waals surface area contributed by atoms with E-state index in [4.69, 9.17) is 0 Å². The van der Waals surface area contributed by atoms with E-state index in [1.165, 1.54) is 6.08 Å². The van der Waals surface area contributed by atoms with E-state index in [-0.39, 0.29) is 0 Å². The Kier molecular flexibility index (Phi) is 1.69. The number of hydrogen-bond donors (Lipinski definition) is 0. The zero-order valence-corrected chi connectivity index (χ0v) is 8.06. The van der Waals surface area contributed by atoms with E-state index < -0.39 is 9.50 Å². The first-order valence-corrected chi connectivity index (χ1v) is 4.42. The topological polar surface area (TPSA) is 55.5 Å². The lowest BCUT2D eigenvalue weighted by Gasteiger charge is -2.03. The van der Waals surface area contributed by atoms with Crippen LogP contribution in [0.4, 0.5) is 0 Å². The van der Waals surface area contributed by atoms with Gasteiger partial charge in [-0.05, 0) is 6.07 Å². The normalized spacial score (nSPS) is 24.4. The monoisotopic (exact) mass is 240 g/mol. The molecule has 1 aliphatic heterocycles. The number of nitro groups is 1. The fourth-order valence-electron chi connectivity index (χ4n) is 1.20. The number of nitrogens with zero attached hydrogens (tertiary/aromatic N) is 2. The van der Waals surface area contributed by atoms with E-state index in [1.807, 2.05) is 6.07 Å². The first-order chi connectivity index (χ1) is 6.12. The smallest absolute Gasteiger partial charge is 0.261 e. The lowest BCUT2D eigenvalue weighted by Crippen LogP contribution is -2.24. The number of hydrogen-bond acceptors (Lipinski definition) is 3. The Morgan fingerprint density at radius 1 is 1.46 bits per heavy atom. The minimum atomic E-state index is -1.46. The van der Waals surface area contributed by atoms with Crippen LogP contribution in [0.25, 0.3) is 6.08 Å². The molecule has 0 amide bonds. The van der Waals surface area contributed by atoms with Crippen molar-refractivity contribution in [1.29, 1.82) is 0 Å². The molecule has 2 rings (SSSR count). The van der Waals surface area contributed by atoms with Crippen LogP contribution in [0.3, 0.4) is 0 Å². The summed E-state index contributed by atoms with van der Waals surface area (Å²) in [5.74, 6) is 0. The first kappa shape index (κ1) is 8.37. The molecular weight excluding hydrogens is 236 g/mol. The van der Waals surface area contributed by atoms with Gasteiger partial charge in [-0.2, -0.15) is 4.99 Å². The molecule has 13 heavy (non-hydrogen) atoms. The molecule has 1 heterocycles. The van der Waals surface area contributed by atoms with Crippen molar-refractivity contribution < 1.29 is 4.92 Å². The van der Waals surface area contributed by atoms with E-state index in [9.17, 15) is 10.1 Å². The van der Waals surface area contributed by atoms with Gasteiger partial charge in [0.15, 0.2) is 0 Å². The van der Waals surface area contributed by atoms with Crippen molar-refractivity contribution in [2.75, 3.05) is 0 Å². The third-order valence-corrected chi connectivity index (χ3v) is 2.51. The maximum atomic E-state index is 10.6. The predicted molar refractivity (Wildman–Crippen MR) is 50.3 cm³/mol. The van der Waals surface area contributed by atoms with Gasteiger partial charge in [-0.3, -0.25) is 10.1 Å². The van der Waals surface area contributed by atoms with E-state index in [2.05, 4.69) is 20.9 Å². The molecule has 0 spiro atoms. The highest BCUT2D eigenvalue weighted by Gasteiger charge is 2.38. The largest absolute Gasteiger partial charge is 0.388 e. The van der Waals surface area contributed by atoms with Gasteiger partial charge in [0.1, 0.15) is 0 Å². The lowest BCUT2D eigenvalue weighted by molar-refractivity contribution is -0.514. The molecular formula is C8H5BrN2O2. The minimum absolute atomic E-state index is 0.465. The van der Waals surface area contributed by atoms with Crippen molar-refractivity contribution in [2.45, 2.75) is 4.57 Å². The minimum Gasteiger partial charge on any atom is -0.261 e. The molecule has 5 heteroatoms. The number of para-hydroxylation sites is 1. The summed E-state index contributed by atoms with van der Waals surface area (Å²) in [5.41, 5.74) is 0. The summed E-state index contributed by atoms with van der Waals surface area (Å²) in [6, 6.07) is 7.17. The van der Waals surface area contributed by atoms with Crippen LogP contribution in [0.15, 0.2) is 29.3 Å². The maximum absolute atomic E-state index is 10.6. The summed E-state index contributed by atoms with van der Waals surface area (Å²) in [5, 5.41) is 12.1. The summed E-state index contributed by atoms with van der Waals surface area (Å²) in [6.45, 7) is 0. The number of fused-ring (bicyclic) bond motifs is 1. The van der Waals surface area contributed by atoms with Gasteiger partial charge in [0, 0.05) is 27.2 Å². The van der Waals surface area contributed by atoms with Gasteiger partial charge >= 0.3 is 4.57 Å². The molecule has 0 fully saturated rings. The molecule has 0 N–H and O–H groups in total. The molecule has 4 nitrogen and oxygen atoms in total. The van der Waals surface area contributed by atoms with E-state index >= 15 is 0 Å². The second-order valence-corrected chi connectivity index (χ2v) is 3.88. The Hall–Kier alpha value is -1.23. The maximum Gasteiger partial charge on any atom is 0.388 e. The summed E-state index contributed by atoms with van der Waals surface area (Å²) in [7, 11) is 0. The van der Waals surface area contributed by atoms with Crippen LogP contribution in [-0.2, 0) is 0 Å². The Morgan fingerprint density at radius 3 is 2.77 bits per heavy atom. The Morgan fingerprint density at radius 2 is 2.15 bits per heavy atom. The summed E-state index contributed by atoms with van der Waals surface area (Å²) in [6.07, 6.45) is 1.49. The highest BCUT2D eigenvalue weighted by Crippen LogP contribution is 2.23. The van der Waals surface area contributed by atoms with Gasteiger partial charge in [-0.1, -0.05) is 18.2 Å². The van der Waals surface area contributed by atoms with Gasteiger partial charge in [0.2, 0.25) is 0 Å². The molecule has 1 unspecified atom stereocenters. The van der Waals surface area contributed by atoms with Crippen molar-refractivity contribution in [2.24, 2.45) is 4.99 Å². The third-order valence-electron chi connectivity index (χ3n) is 1.81. The fourth-order valence-corrected chi connectivity index (χ4v) is 1.64. The average Bonchev–Trinajstić information content (AvgIpc) is 2.42. The SMILES string of the molecule is O=[N+]([O-])C1(Br)C=c2ccccc2=N1. The van der Waals surface area contributed by atoms with Crippen LogP contribution < -0.4 is 10.6 Å². The summed E-state index contributed by atoms with van der Waals surface area (Å²) >= 11 is 2.97. The van der Waals surface area contributed by atoms with Crippen LogP contribution >= 0.6 is 15.9 Å². The number of halogens is 1. The predicted octanol–water partition coefficient (Wildman–Crippen LogP) is 0.426. The van der Waals surface area contributed by atoms with Crippen molar-refractivity contribution in [3.05, 3.63) is 45.0 Å². The second kappa shape index (κ2) is 2.63. The van der Waals surface area contributed by atoms with Crippen LogP contribution in [0.1, 0.15) is 0 Å². The van der Waals surface area contributed by atoms with E-state index in [1.54, 1.807) is 18.2 Å². The molecule has 0 radical (unpaired) electrons. The van der Waals surface area contributed by atoms with Gasteiger partial charge in [0.05, 0.1) is 10.3 Å². The first-order valence-electron chi connectivity index (χ1n) is 3.63. The molecule has 66 valence electrons. The van der Waals surface area contributed by atoms with Crippen LogP contribution in [0, 0.1) is 10.1 Å². The number of benzene rings is 1. The Bertz CT molecular complexity index is 448. The van der Waals surface area contributed by atoms with Crippen molar-refractivity contribution in [3.63, 3.8) is 0 Å². The van der Waals surface area contributed by atoms with E-state index in [0.717, 1.165) is 5.22 Å². The number of alkyl halides is 1. The van der Waals surface area contributed by atoms with Crippen molar-refractivity contribution in [1.82, 2.24) is 0 Å². The Balaban J connectivity index is 2.70. The molecule has 1 aromatic carbocycles. The van der Waals surface area contributed by atoms with Gasteiger partial charge in [0.25, 0.3) is 0 Å². The second-order valence-electron chi connectivity index (χ2n) is 2.71. The molecule has 0 saturated heterocycles. The van der Waals surface area contributed by atoms with Gasteiger partial charge < -0.3 is 0 Å². The lowest BCUT2D eigenvalue weighted by atomic mass is 10.3. The molecule has 1 aromatic rings. The molecule has 0 saturated carbocycles. The molecule has 0 aromatic heterocycles. The third kappa shape index (κ3) is 1.25. The summed E-state index contributed by atoms with van der Waals surface area (Å²) < 4.78 is -1.46. The highest BCUT2D eigenvalue weighted by molar-refractivity contribution is 9.10. The zero-order chi connectivity index (χ0) is 9.47. The Labute approximate surface area is 81.9 Å². The van der Waals surface area contributed by atoms with Gasteiger partial charge in [-0.25, -0.2) is 0 Å². The van der Waals surface area contributed by atoms with Crippen LogP contribution in [0.2, 0.25) is 0 Å². The quantitative estimate of drug-likeness (QED) is 0.310. The highest BCUT2D eigenvalue weighted by atomic mass is 79.9. The van der Waals surface area contributed by atoms with Crippen molar-refractivity contribution >= 4 is 22.0 Å². The van der Waals surface area contributed by atoms with Crippen LogP contribution in [0.5, 0.6) is 0 Å². The van der Waals surface area contributed by atoms with Crippen LogP contribution in [-0.4, -0.2) is 9.50 Å². The number of rotatable bonds is 1. The molecule has 0 aliphatic carbocycles. The van der Waals surface area contributed by atoms with E-state index in [0.29, 0.717) is 5.36 Å². The average molecular weight is 241 g/mol. The molecule has 1 atom stereocenters. The molecule has 1 aliphatic rings. The molecule has 0 bridgehead atoms.